The number of aromatic nitrogens is 3. The summed E-state index contributed by atoms with van der Waals surface area (Å²) in [6.45, 7) is 2.98. The van der Waals surface area contributed by atoms with Crippen LogP contribution in [0.15, 0.2) is 60.7 Å². The summed E-state index contributed by atoms with van der Waals surface area (Å²) in [6.07, 6.45) is 1.18. The highest BCUT2D eigenvalue weighted by molar-refractivity contribution is 5.97. The summed E-state index contributed by atoms with van der Waals surface area (Å²) < 4.78 is 12.1. The van der Waals surface area contributed by atoms with Crippen LogP contribution in [0.3, 0.4) is 0 Å². The van der Waals surface area contributed by atoms with Gasteiger partial charge in [0.05, 0.1) is 23.9 Å². The molecule has 198 valence electrons. The van der Waals surface area contributed by atoms with Crippen molar-refractivity contribution in [1.82, 2.24) is 25.6 Å². The van der Waals surface area contributed by atoms with Gasteiger partial charge in [0, 0.05) is 13.1 Å². The summed E-state index contributed by atoms with van der Waals surface area (Å²) in [5, 5.41) is 23.8. The molecule has 0 aliphatic carbocycles. The van der Waals surface area contributed by atoms with Crippen molar-refractivity contribution in [3.63, 3.8) is 0 Å². The molecule has 4 heterocycles. The molecule has 1 aromatic heterocycles. The number of phenolic OH excluding ortho intramolecular Hbond substituents is 1. The Morgan fingerprint density at radius 3 is 2.74 bits per heavy atom. The van der Waals surface area contributed by atoms with Gasteiger partial charge in [-0.15, -0.1) is 0 Å². The molecule has 3 aromatic carbocycles. The highest BCUT2D eigenvalue weighted by Crippen LogP contribution is 2.39. The van der Waals surface area contributed by atoms with E-state index in [0.717, 1.165) is 16.7 Å². The molecule has 0 spiro atoms. The Hall–Kier alpha value is -4.86. The van der Waals surface area contributed by atoms with E-state index >= 15 is 0 Å². The first-order valence-corrected chi connectivity index (χ1v) is 12.8. The number of fused-ring (bicyclic) bond motifs is 6. The third kappa shape index (κ3) is 4.76. The Morgan fingerprint density at radius 2 is 1.90 bits per heavy atom. The van der Waals surface area contributed by atoms with E-state index in [4.69, 9.17) is 9.47 Å². The highest BCUT2D eigenvalue weighted by Gasteiger charge is 2.35. The molecule has 8 bridgehead atoms. The SMILES string of the molecule is Cc1n[nH]nc1C(=O)N1CCc2cc3ccc2C1c1cccc(c1)OCCCNC(=O)c1cc(ccc1O)O3. The number of nitrogens with zero attached hydrogens (tertiary/aromatic N) is 3. The van der Waals surface area contributed by atoms with E-state index < -0.39 is 0 Å². The second-order valence-corrected chi connectivity index (χ2v) is 9.58. The summed E-state index contributed by atoms with van der Waals surface area (Å²) in [6, 6.07) is 17.7. The van der Waals surface area contributed by atoms with Crippen molar-refractivity contribution in [2.45, 2.75) is 25.8 Å². The van der Waals surface area contributed by atoms with Crippen LogP contribution in [0.1, 0.15) is 55.7 Å². The molecular weight excluding hydrogens is 498 g/mol. The monoisotopic (exact) mass is 525 g/mol. The van der Waals surface area contributed by atoms with Crippen molar-refractivity contribution in [2.24, 2.45) is 0 Å². The standard InChI is InChI=1S/C29H27N5O5/c1-17-26(32-33-31-17)29(37)34-12-10-18-14-21-6-8-23(18)27(34)19-4-2-5-20(15-19)38-13-3-11-30-28(36)24-16-22(39-21)7-9-25(24)35/h2,4-9,14-16,27,35H,3,10-13H2,1H3,(H,30,36)(H,31,32,33). The zero-order valence-corrected chi connectivity index (χ0v) is 21.3. The number of carbonyl (C=O) groups excluding carboxylic acids is 2. The van der Waals surface area contributed by atoms with E-state index in [9.17, 15) is 14.7 Å². The van der Waals surface area contributed by atoms with Gasteiger partial charge in [-0.3, -0.25) is 9.59 Å². The maximum Gasteiger partial charge on any atom is 0.277 e. The van der Waals surface area contributed by atoms with Crippen LogP contribution in [0, 0.1) is 6.92 Å². The second kappa shape index (κ2) is 10.1. The largest absolute Gasteiger partial charge is 0.507 e. The number of phenols is 1. The molecule has 10 heteroatoms. The summed E-state index contributed by atoms with van der Waals surface area (Å²) in [5.41, 5.74) is 3.92. The predicted molar refractivity (Wildman–Crippen MR) is 141 cm³/mol. The molecule has 1 atom stereocenters. The van der Waals surface area contributed by atoms with Crippen molar-refractivity contribution in [1.29, 1.82) is 0 Å². The number of ether oxygens (including phenoxy) is 2. The average molecular weight is 526 g/mol. The maximum absolute atomic E-state index is 13.7. The molecule has 39 heavy (non-hydrogen) atoms. The van der Waals surface area contributed by atoms with Gasteiger partial charge in [0.25, 0.3) is 11.8 Å². The molecule has 3 N–H and O–H groups in total. The number of benzene rings is 3. The molecule has 0 radical (unpaired) electrons. The number of aromatic amines is 1. The van der Waals surface area contributed by atoms with Gasteiger partial charge in [0.15, 0.2) is 5.69 Å². The van der Waals surface area contributed by atoms with Gasteiger partial charge in [-0.2, -0.15) is 15.4 Å². The van der Waals surface area contributed by atoms with Crippen LogP contribution in [-0.2, 0) is 6.42 Å². The molecule has 3 aliphatic heterocycles. The van der Waals surface area contributed by atoms with Crippen molar-refractivity contribution < 1.29 is 24.2 Å². The zero-order valence-electron chi connectivity index (χ0n) is 21.3. The quantitative estimate of drug-likeness (QED) is 0.344. The number of aromatic hydroxyl groups is 1. The third-order valence-corrected chi connectivity index (χ3v) is 7.03. The normalized spacial score (nSPS) is 16.9. The molecule has 0 fully saturated rings. The molecular formula is C29H27N5O5. The predicted octanol–water partition coefficient (Wildman–Crippen LogP) is 3.91. The van der Waals surface area contributed by atoms with E-state index in [0.29, 0.717) is 61.2 Å². The second-order valence-electron chi connectivity index (χ2n) is 9.58. The highest BCUT2D eigenvalue weighted by atomic mass is 16.5. The Morgan fingerprint density at radius 1 is 1.05 bits per heavy atom. The van der Waals surface area contributed by atoms with Crippen LogP contribution in [0.5, 0.6) is 23.0 Å². The topological polar surface area (TPSA) is 130 Å². The van der Waals surface area contributed by atoms with Gasteiger partial charge in [0.1, 0.15) is 23.0 Å². The van der Waals surface area contributed by atoms with Gasteiger partial charge < -0.3 is 24.8 Å². The van der Waals surface area contributed by atoms with Crippen molar-refractivity contribution >= 4 is 11.8 Å². The van der Waals surface area contributed by atoms with Crippen molar-refractivity contribution in [3.05, 3.63) is 94.3 Å². The lowest BCUT2D eigenvalue weighted by Gasteiger charge is -2.37. The molecule has 1 unspecified atom stereocenters. The third-order valence-electron chi connectivity index (χ3n) is 7.03. The van der Waals surface area contributed by atoms with Gasteiger partial charge in [0.2, 0.25) is 0 Å². The summed E-state index contributed by atoms with van der Waals surface area (Å²) in [4.78, 5) is 28.2. The molecule has 10 nitrogen and oxygen atoms in total. The van der Waals surface area contributed by atoms with E-state index in [1.54, 1.807) is 13.0 Å². The van der Waals surface area contributed by atoms with E-state index in [1.807, 2.05) is 47.4 Å². The fourth-order valence-electron chi connectivity index (χ4n) is 5.10. The Kier molecular flexibility index (Phi) is 6.36. The number of nitrogens with one attached hydrogen (secondary N) is 2. The number of amides is 2. The molecule has 2 amide bonds. The molecule has 3 aliphatic rings. The Bertz CT molecular complexity index is 1570. The fraction of sp³-hybridized carbons (Fsp3) is 0.241. The number of hydrogen-bond acceptors (Lipinski definition) is 7. The number of carbonyl (C=O) groups is 2. The van der Waals surface area contributed by atoms with Gasteiger partial charge in [-0.05, 0) is 78.9 Å². The minimum atomic E-state index is -0.388. The number of H-pyrrole nitrogens is 1. The Balaban J connectivity index is 1.44. The summed E-state index contributed by atoms with van der Waals surface area (Å²) >= 11 is 0. The van der Waals surface area contributed by atoms with Crippen LogP contribution in [-0.4, -0.2) is 56.9 Å². The first kappa shape index (κ1) is 24.5. The Labute approximate surface area is 224 Å². The lowest BCUT2D eigenvalue weighted by Crippen LogP contribution is -2.41. The lowest BCUT2D eigenvalue weighted by molar-refractivity contribution is 0.0687. The van der Waals surface area contributed by atoms with Crippen LogP contribution in [0.2, 0.25) is 0 Å². The summed E-state index contributed by atoms with van der Waals surface area (Å²) in [5.74, 6) is 0.986. The minimum absolute atomic E-state index is 0.122. The lowest BCUT2D eigenvalue weighted by atomic mass is 9.87. The first-order chi connectivity index (χ1) is 19.0. The van der Waals surface area contributed by atoms with E-state index in [-0.39, 0.29) is 29.2 Å². The first-order valence-electron chi connectivity index (χ1n) is 12.8. The number of hydrogen-bond donors (Lipinski definition) is 3. The van der Waals surface area contributed by atoms with Crippen LogP contribution in [0.25, 0.3) is 0 Å². The fourth-order valence-corrected chi connectivity index (χ4v) is 5.10. The van der Waals surface area contributed by atoms with Gasteiger partial charge in [-0.25, -0.2) is 0 Å². The van der Waals surface area contributed by atoms with Crippen LogP contribution >= 0.6 is 0 Å². The average Bonchev–Trinajstić information content (AvgIpc) is 3.38. The molecule has 0 saturated carbocycles. The molecule has 0 saturated heterocycles. The van der Waals surface area contributed by atoms with Crippen LogP contribution < -0.4 is 14.8 Å². The number of aryl methyl sites for hydroxylation is 1. The zero-order chi connectivity index (χ0) is 26.9. The van der Waals surface area contributed by atoms with Crippen LogP contribution in [0.4, 0.5) is 0 Å². The van der Waals surface area contributed by atoms with Gasteiger partial charge in [-0.1, -0.05) is 18.2 Å². The van der Waals surface area contributed by atoms with Crippen molar-refractivity contribution in [2.75, 3.05) is 19.7 Å². The van der Waals surface area contributed by atoms with E-state index in [2.05, 4.69) is 20.7 Å². The molecule has 4 aromatic rings. The van der Waals surface area contributed by atoms with Gasteiger partial charge >= 0.3 is 0 Å². The molecule has 7 rings (SSSR count). The van der Waals surface area contributed by atoms with Crippen molar-refractivity contribution in [3.8, 4) is 23.0 Å². The smallest absolute Gasteiger partial charge is 0.277 e. The van der Waals surface area contributed by atoms with E-state index in [1.165, 1.54) is 12.1 Å². The summed E-state index contributed by atoms with van der Waals surface area (Å²) in [7, 11) is 0. The minimum Gasteiger partial charge on any atom is -0.507 e. The number of rotatable bonds is 1. The maximum atomic E-state index is 13.7.